The number of hydrogen-bond acceptors (Lipinski definition) is 9. The molecule has 3 aliphatic rings. The zero-order valence-corrected chi connectivity index (χ0v) is 26.5. The van der Waals surface area contributed by atoms with Gasteiger partial charge in [0.25, 0.3) is 5.97 Å². The zero-order chi connectivity index (χ0) is 32.7. The summed E-state index contributed by atoms with van der Waals surface area (Å²) in [6.45, 7) is 4.62. The third kappa shape index (κ3) is 4.27. The number of benzene rings is 5. The molecule has 2 aliphatic heterocycles. The normalized spacial score (nSPS) is 18.3. The minimum absolute atomic E-state index is 0.0996. The first-order chi connectivity index (χ1) is 22.6. The molecule has 1 atom stereocenters. The van der Waals surface area contributed by atoms with Crippen molar-refractivity contribution in [3.8, 4) is 45.6 Å². The van der Waals surface area contributed by atoms with Crippen molar-refractivity contribution in [2.75, 3.05) is 21.0 Å². The Kier molecular flexibility index (Phi) is 6.30. The molecule has 8 rings (SSSR count). The molecule has 0 saturated heterocycles. The SMILES string of the molecule is COc1ccc(C2(c3ccc(OC(N)(N)N)cc3)C=Cc3c4c(c5c6c(c(OC)cc5c3O2)OCO6)-c2ccccc2C4(C)C)cc1. The predicted molar refractivity (Wildman–Crippen MR) is 180 cm³/mol. The Balaban J connectivity index is 1.43. The van der Waals surface area contributed by atoms with Crippen LogP contribution in [0.5, 0.6) is 34.5 Å². The van der Waals surface area contributed by atoms with Crippen LogP contribution in [0.25, 0.3) is 28.0 Å². The van der Waals surface area contributed by atoms with E-state index in [-0.39, 0.29) is 12.2 Å². The summed E-state index contributed by atoms with van der Waals surface area (Å²) in [5, 5.41) is 1.78. The Morgan fingerprint density at radius 1 is 0.766 bits per heavy atom. The number of nitrogens with two attached hydrogens (primary N) is 3. The summed E-state index contributed by atoms with van der Waals surface area (Å²) in [6.07, 6.45) is 4.29. The summed E-state index contributed by atoms with van der Waals surface area (Å²) in [6, 6.07) is 25.8. The number of rotatable bonds is 6. The summed E-state index contributed by atoms with van der Waals surface area (Å²) in [5.74, 6) is 1.85. The lowest BCUT2D eigenvalue weighted by Crippen LogP contribution is -2.62. The lowest BCUT2D eigenvalue weighted by molar-refractivity contribution is 0.0900. The Hall–Kier alpha value is -5.22. The van der Waals surface area contributed by atoms with Crippen LogP contribution in [-0.2, 0) is 11.0 Å². The Morgan fingerprint density at radius 3 is 2.09 bits per heavy atom. The van der Waals surface area contributed by atoms with Gasteiger partial charge in [-0.25, -0.2) is 0 Å². The minimum atomic E-state index is -1.82. The molecule has 0 amide bonds. The molecule has 0 spiro atoms. The maximum absolute atomic E-state index is 7.40. The quantitative estimate of drug-likeness (QED) is 0.190. The van der Waals surface area contributed by atoms with Gasteiger partial charge in [-0.1, -0.05) is 68.5 Å². The summed E-state index contributed by atoms with van der Waals surface area (Å²) in [4.78, 5) is 0. The fourth-order valence-corrected chi connectivity index (χ4v) is 7.39. The summed E-state index contributed by atoms with van der Waals surface area (Å²) >= 11 is 0. The van der Waals surface area contributed by atoms with Gasteiger partial charge in [-0.2, -0.15) is 0 Å². The predicted octanol–water partition coefficient (Wildman–Crippen LogP) is 6.11. The highest BCUT2D eigenvalue weighted by Gasteiger charge is 2.45. The van der Waals surface area contributed by atoms with E-state index in [0.29, 0.717) is 28.7 Å². The topological polar surface area (TPSA) is 133 Å². The maximum atomic E-state index is 7.40. The first-order valence-corrected chi connectivity index (χ1v) is 15.4. The third-order valence-corrected chi connectivity index (χ3v) is 9.43. The molecule has 5 aromatic rings. The van der Waals surface area contributed by atoms with Crippen LogP contribution in [0.2, 0.25) is 0 Å². The van der Waals surface area contributed by atoms with Gasteiger partial charge in [-0.15, -0.1) is 0 Å². The van der Waals surface area contributed by atoms with Gasteiger partial charge in [0.1, 0.15) is 17.2 Å². The largest absolute Gasteiger partial charge is 0.497 e. The Bertz CT molecular complexity index is 2100. The van der Waals surface area contributed by atoms with Gasteiger partial charge in [-0.3, -0.25) is 17.2 Å². The number of methoxy groups -OCH3 is 2. The molecule has 0 bridgehead atoms. The molecular weight excluding hydrogens is 594 g/mol. The van der Waals surface area contributed by atoms with Crippen molar-refractivity contribution < 1.29 is 28.4 Å². The molecule has 6 N–H and O–H groups in total. The third-order valence-electron chi connectivity index (χ3n) is 9.43. The Morgan fingerprint density at radius 2 is 1.43 bits per heavy atom. The first kappa shape index (κ1) is 29.2. The van der Waals surface area contributed by atoms with E-state index in [0.717, 1.165) is 49.9 Å². The van der Waals surface area contributed by atoms with Crippen LogP contribution in [0.15, 0.2) is 84.9 Å². The summed E-state index contributed by atoms with van der Waals surface area (Å²) < 4.78 is 36.4. The van der Waals surface area contributed by atoms with Crippen molar-refractivity contribution in [1.82, 2.24) is 0 Å². The molecule has 9 heteroatoms. The second-order valence-corrected chi connectivity index (χ2v) is 12.6. The molecule has 47 heavy (non-hydrogen) atoms. The van der Waals surface area contributed by atoms with Gasteiger partial charge in [0.2, 0.25) is 12.5 Å². The van der Waals surface area contributed by atoms with Gasteiger partial charge < -0.3 is 28.4 Å². The molecule has 1 unspecified atom stereocenters. The van der Waals surface area contributed by atoms with E-state index in [4.69, 9.17) is 45.6 Å². The van der Waals surface area contributed by atoms with Crippen molar-refractivity contribution in [2.24, 2.45) is 17.2 Å². The lowest BCUT2D eigenvalue weighted by atomic mass is 9.76. The molecule has 0 aromatic heterocycles. The van der Waals surface area contributed by atoms with E-state index in [9.17, 15) is 0 Å². The summed E-state index contributed by atoms with van der Waals surface area (Å²) in [5.41, 5.74) is 23.2. The van der Waals surface area contributed by atoms with E-state index < -0.39 is 11.6 Å². The van der Waals surface area contributed by atoms with Crippen molar-refractivity contribution in [3.63, 3.8) is 0 Å². The number of ether oxygens (including phenoxy) is 6. The van der Waals surface area contributed by atoms with Gasteiger partial charge in [0.05, 0.1) is 14.2 Å². The van der Waals surface area contributed by atoms with Crippen molar-refractivity contribution in [3.05, 3.63) is 113 Å². The first-order valence-electron chi connectivity index (χ1n) is 15.4. The number of hydrogen-bond donors (Lipinski definition) is 3. The van der Waals surface area contributed by atoms with Crippen LogP contribution in [0, 0.1) is 0 Å². The fourth-order valence-electron chi connectivity index (χ4n) is 7.39. The van der Waals surface area contributed by atoms with E-state index in [2.05, 4.69) is 50.3 Å². The molecule has 238 valence electrons. The smallest absolute Gasteiger partial charge is 0.271 e. The van der Waals surface area contributed by atoms with Gasteiger partial charge in [0, 0.05) is 32.9 Å². The molecule has 1 aliphatic carbocycles. The van der Waals surface area contributed by atoms with E-state index in [1.165, 1.54) is 5.56 Å². The van der Waals surface area contributed by atoms with Gasteiger partial charge in [0.15, 0.2) is 17.1 Å². The van der Waals surface area contributed by atoms with Gasteiger partial charge >= 0.3 is 0 Å². The molecule has 0 radical (unpaired) electrons. The molecule has 9 nitrogen and oxygen atoms in total. The van der Waals surface area contributed by atoms with Crippen molar-refractivity contribution >= 4 is 16.8 Å². The number of fused-ring (bicyclic) bond motifs is 10. The fraction of sp³-hybridized carbons (Fsp3) is 0.211. The molecule has 2 heterocycles. The highest BCUT2D eigenvalue weighted by Crippen LogP contribution is 2.62. The average Bonchev–Trinajstić information content (AvgIpc) is 3.65. The standard InChI is InChI=1S/C38H35N3O6/c1-36(2)28-8-6-5-7-25(28)30-31-27(19-29(43-4)34-35(31)45-20-44-34)33-26(32(30)36)17-18-37(47-33,21-9-13-23(42-3)14-10-21)22-11-15-24(16-12-22)46-38(39,40)41/h5-19H,20,39-41H2,1-4H3. The summed E-state index contributed by atoms with van der Waals surface area (Å²) in [7, 11) is 3.28. The van der Waals surface area contributed by atoms with Crippen LogP contribution in [0.3, 0.4) is 0 Å². The van der Waals surface area contributed by atoms with Crippen LogP contribution >= 0.6 is 0 Å². The van der Waals surface area contributed by atoms with Crippen LogP contribution in [0.1, 0.15) is 41.7 Å². The highest BCUT2D eigenvalue weighted by atomic mass is 16.7. The molecule has 5 aromatic carbocycles. The minimum Gasteiger partial charge on any atom is -0.497 e. The van der Waals surface area contributed by atoms with Gasteiger partial charge in [-0.05, 0) is 58.7 Å². The van der Waals surface area contributed by atoms with Crippen LogP contribution in [0.4, 0.5) is 0 Å². The Labute approximate surface area is 272 Å². The molecular formula is C38H35N3O6. The van der Waals surface area contributed by atoms with E-state index >= 15 is 0 Å². The zero-order valence-electron chi connectivity index (χ0n) is 26.5. The van der Waals surface area contributed by atoms with Crippen LogP contribution in [-0.4, -0.2) is 27.0 Å². The molecule has 0 saturated carbocycles. The van der Waals surface area contributed by atoms with Crippen molar-refractivity contribution in [1.29, 1.82) is 0 Å². The average molecular weight is 630 g/mol. The van der Waals surface area contributed by atoms with E-state index in [1.807, 2.05) is 42.5 Å². The highest BCUT2D eigenvalue weighted by molar-refractivity contribution is 6.13. The second-order valence-electron chi connectivity index (χ2n) is 12.6. The molecule has 0 fully saturated rings. The van der Waals surface area contributed by atoms with Crippen LogP contribution < -0.4 is 45.6 Å². The lowest BCUT2D eigenvalue weighted by Gasteiger charge is -2.38. The maximum Gasteiger partial charge on any atom is 0.271 e. The second kappa shape index (κ2) is 10.1. The van der Waals surface area contributed by atoms with E-state index in [1.54, 1.807) is 26.4 Å². The monoisotopic (exact) mass is 629 g/mol. The van der Waals surface area contributed by atoms with Crippen molar-refractivity contribution in [2.45, 2.75) is 30.8 Å².